The third kappa shape index (κ3) is 45.5. The number of nitrogens with zero attached hydrogens (tertiary/aromatic N) is 1. The molecule has 0 amide bonds. The molecule has 0 spiro atoms. The van der Waals surface area contributed by atoms with Crippen LogP contribution in [-0.2, 0) is 37.5 Å². The molecule has 0 heterocycles. The van der Waals surface area contributed by atoms with Gasteiger partial charge in [-0.15, -0.1) is 0 Å². The van der Waals surface area contributed by atoms with E-state index in [4.69, 9.17) is 18.5 Å². The molecule has 0 bridgehead atoms. The van der Waals surface area contributed by atoms with Gasteiger partial charge in [0.05, 0.1) is 27.7 Å². The number of likely N-dealkylation sites (N-methyl/N-ethyl adjacent to an activating group) is 1. The van der Waals surface area contributed by atoms with Crippen molar-refractivity contribution in [3.8, 4) is 0 Å². The zero-order valence-corrected chi connectivity index (χ0v) is 40.5. The molecule has 0 saturated carbocycles. The predicted octanol–water partition coefficient (Wildman–Crippen LogP) is 12.8. The van der Waals surface area contributed by atoms with Crippen molar-refractivity contribution < 1.29 is 46.8 Å². The minimum Gasteiger partial charge on any atom is -0.756 e. The Morgan fingerprint density at radius 3 is 1.59 bits per heavy atom. The number of unbranched alkanes of at least 4 members (excludes halogenated alkanes) is 21. The molecule has 0 aromatic rings. The third-order valence-electron chi connectivity index (χ3n) is 10.3. The molecule has 0 aliphatic carbocycles. The van der Waals surface area contributed by atoms with Gasteiger partial charge in [-0.05, 0) is 44.6 Å². The van der Waals surface area contributed by atoms with Gasteiger partial charge in [-0.1, -0.05) is 185 Å². The maximum Gasteiger partial charge on any atom is 0.306 e. The molecule has 0 aromatic carbocycles. The summed E-state index contributed by atoms with van der Waals surface area (Å²) in [5.74, 6) is -0.762. The molecule has 0 aliphatic rings. The number of quaternary nitrogens is 1. The first-order valence-electron chi connectivity index (χ1n) is 24.3. The van der Waals surface area contributed by atoms with Crippen LogP contribution in [0.25, 0.3) is 0 Å². The van der Waals surface area contributed by atoms with E-state index in [0.29, 0.717) is 30.3 Å². The Morgan fingerprint density at radius 1 is 0.557 bits per heavy atom. The normalized spacial score (nSPS) is 13.8. The fraction of sp³-hybridized carbons (Fsp3) is 0.780. The van der Waals surface area contributed by atoms with Gasteiger partial charge < -0.3 is 27.9 Å². The van der Waals surface area contributed by atoms with Gasteiger partial charge in [0.1, 0.15) is 19.8 Å². The molecule has 2 atom stereocenters. The molecule has 0 rings (SSSR count). The van der Waals surface area contributed by atoms with E-state index in [0.717, 1.165) is 51.4 Å². The van der Waals surface area contributed by atoms with Gasteiger partial charge in [0.25, 0.3) is 7.82 Å². The van der Waals surface area contributed by atoms with Gasteiger partial charge in [-0.2, -0.15) is 0 Å². The van der Waals surface area contributed by atoms with E-state index in [9.17, 15) is 23.8 Å². The number of hydrogen-bond donors (Lipinski definition) is 0. The van der Waals surface area contributed by atoms with E-state index in [-0.39, 0.29) is 31.8 Å². The van der Waals surface area contributed by atoms with Crippen LogP contribution in [0, 0.1) is 0 Å². The van der Waals surface area contributed by atoms with Crippen molar-refractivity contribution in [1.29, 1.82) is 0 Å². The van der Waals surface area contributed by atoms with Crippen molar-refractivity contribution in [3.05, 3.63) is 48.6 Å². The number of ether oxygens (including phenoxy) is 2. The largest absolute Gasteiger partial charge is 0.756 e. The van der Waals surface area contributed by atoms with Crippen LogP contribution >= 0.6 is 7.82 Å². The van der Waals surface area contributed by atoms with E-state index < -0.39 is 32.5 Å². The van der Waals surface area contributed by atoms with Crippen LogP contribution in [0.1, 0.15) is 200 Å². The Labute approximate surface area is 373 Å². The Morgan fingerprint density at radius 2 is 1.03 bits per heavy atom. The zero-order valence-electron chi connectivity index (χ0n) is 39.6. The molecule has 10 nitrogen and oxygen atoms in total. The van der Waals surface area contributed by atoms with Crippen molar-refractivity contribution in [3.63, 3.8) is 0 Å². The van der Waals surface area contributed by atoms with E-state index in [2.05, 4.69) is 26.0 Å². The van der Waals surface area contributed by atoms with Gasteiger partial charge in [-0.3, -0.25) is 18.9 Å². The highest BCUT2D eigenvalue weighted by atomic mass is 31.2. The number of carbonyl (C=O) groups excluding carboxylic acids is 3. The Balaban J connectivity index is 4.39. The van der Waals surface area contributed by atoms with Crippen molar-refractivity contribution >= 4 is 25.5 Å². The quantitative estimate of drug-likeness (QED) is 0.0112. The standard InChI is InChI=1S/C50H90NO9P/c1-6-8-10-11-12-13-14-15-16-17-18-19-20-21-24-27-30-33-37-41-49(53)57-45-48(46-59-61(55,56)58-44-43-51(3,4)5)60-50(54)42-38-34-31-28-25-22-23-26-29-32-36-40-47(52)39-35-9-7-2/h22-23,28-29,31-32,36,40,48H,6-21,24-27,30,33-35,37-39,41-46H2,1-5H3/b23-22-,31-28-,32-29-,40-36+/t48-/m1/s1. The second-order valence-corrected chi connectivity index (χ2v) is 18.9. The number of phosphoric ester groups is 1. The smallest absolute Gasteiger partial charge is 0.306 e. The zero-order chi connectivity index (χ0) is 45.1. The molecule has 0 radical (unpaired) electrons. The molecule has 0 aromatic heterocycles. The van der Waals surface area contributed by atoms with E-state index in [1.54, 1.807) is 12.2 Å². The van der Waals surface area contributed by atoms with E-state index >= 15 is 0 Å². The second-order valence-electron chi connectivity index (χ2n) is 17.5. The molecule has 11 heteroatoms. The van der Waals surface area contributed by atoms with Crippen molar-refractivity contribution in [1.82, 2.24) is 0 Å². The summed E-state index contributed by atoms with van der Waals surface area (Å²) in [6.45, 7) is 4.00. The fourth-order valence-corrected chi connectivity index (χ4v) is 7.21. The maximum atomic E-state index is 12.7. The summed E-state index contributed by atoms with van der Waals surface area (Å²) in [6, 6.07) is 0. The summed E-state index contributed by atoms with van der Waals surface area (Å²) in [4.78, 5) is 49.4. The summed E-state index contributed by atoms with van der Waals surface area (Å²) in [5.41, 5.74) is 0. The van der Waals surface area contributed by atoms with E-state index in [1.165, 1.54) is 103 Å². The number of phosphoric acid groups is 1. The summed E-state index contributed by atoms with van der Waals surface area (Å²) in [5, 5.41) is 0. The minimum atomic E-state index is -4.66. The lowest BCUT2D eigenvalue weighted by molar-refractivity contribution is -0.870. The van der Waals surface area contributed by atoms with Crippen LogP contribution in [0.2, 0.25) is 0 Å². The maximum absolute atomic E-state index is 12.7. The van der Waals surface area contributed by atoms with Crippen molar-refractivity contribution in [2.24, 2.45) is 0 Å². The number of esters is 2. The number of allylic oxidation sites excluding steroid dienone is 8. The fourth-order valence-electron chi connectivity index (χ4n) is 6.49. The van der Waals surface area contributed by atoms with Gasteiger partial charge in [0.15, 0.2) is 11.9 Å². The van der Waals surface area contributed by atoms with Gasteiger partial charge in [-0.25, -0.2) is 0 Å². The van der Waals surface area contributed by atoms with Gasteiger partial charge >= 0.3 is 11.9 Å². The lowest BCUT2D eigenvalue weighted by atomic mass is 10.0. The van der Waals surface area contributed by atoms with Gasteiger partial charge in [0, 0.05) is 19.3 Å². The molecule has 0 aliphatic heterocycles. The van der Waals surface area contributed by atoms with Crippen molar-refractivity contribution in [2.45, 2.75) is 206 Å². The number of ketones is 1. The average Bonchev–Trinajstić information content (AvgIpc) is 3.21. The van der Waals surface area contributed by atoms with Crippen LogP contribution in [0.4, 0.5) is 0 Å². The molecule has 0 saturated heterocycles. The van der Waals surface area contributed by atoms with Crippen LogP contribution < -0.4 is 4.89 Å². The molecular weight excluding hydrogens is 790 g/mol. The topological polar surface area (TPSA) is 128 Å². The first-order chi connectivity index (χ1) is 29.4. The molecular formula is C50H90NO9P. The molecule has 354 valence electrons. The summed E-state index contributed by atoms with van der Waals surface area (Å²) >= 11 is 0. The van der Waals surface area contributed by atoms with Crippen LogP contribution in [0.3, 0.4) is 0 Å². The SMILES string of the molecule is CCCCCCCCCCCCCCCCCCCCCC(=O)OC[C@H](COP(=O)([O-])OCC[N+](C)(C)C)OC(=O)CCC/C=C\C/C=C\C/C=C\C=C\C(=O)CCCCC. The summed E-state index contributed by atoms with van der Waals surface area (Å²) in [6.07, 6.45) is 45.6. The summed E-state index contributed by atoms with van der Waals surface area (Å²) in [7, 11) is 1.09. The lowest BCUT2D eigenvalue weighted by Gasteiger charge is -2.28. The van der Waals surface area contributed by atoms with Crippen LogP contribution in [-0.4, -0.2) is 75.8 Å². The number of carbonyl (C=O) groups is 3. The highest BCUT2D eigenvalue weighted by molar-refractivity contribution is 7.45. The number of hydrogen-bond acceptors (Lipinski definition) is 9. The summed E-state index contributed by atoms with van der Waals surface area (Å²) < 4.78 is 33.9. The monoisotopic (exact) mass is 880 g/mol. The molecule has 1 unspecified atom stereocenters. The van der Waals surface area contributed by atoms with Gasteiger partial charge in [0.2, 0.25) is 0 Å². The highest BCUT2D eigenvalue weighted by Crippen LogP contribution is 2.38. The van der Waals surface area contributed by atoms with Crippen molar-refractivity contribution in [2.75, 3.05) is 47.5 Å². The highest BCUT2D eigenvalue weighted by Gasteiger charge is 2.21. The second kappa shape index (κ2) is 41.6. The first kappa shape index (κ1) is 58.6. The molecule has 0 fully saturated rings. The Bertz CT molecular complexity index is 1240. The van der Waals surface area contributed by atoms with E-state index in [1.807, 2.05) is 45.4 Å². The Hall–Kier alpha value is -2.36. The van der Waals surface area contributed by atoms with Crippen LogP contribution in [0.5, 0.6) is 0 Å². The predicted molar refractivity (Wildman–Crippen MR) is 250 cm³/mol. The number of rotatable bonds is 44. The lowest BCUT2D eigenvalue weighted by Crippen LogP contribution is -2.37. The minimum absolute atomic E-state index is 0.0520. The molecule has 61 heavy (non-hydrogen) atoms. The first-order valence-corrected chi connectivity index (χ1v) is 25.8. The average molecular weight is 880 g/mol. The Kier molecular flexibility index (Phi) is 40.0. The molecule has 0 N–H and O–H groups in total. The van der Waals surface area contributed by atoms with Crippen LogP contribution in [0.15, 0.2) is 48.6 Å². The third-order valence-corrected chi connectivity index (χ3v) is 11.3.